The molecule has 0 aliphatic heterocycles. The van der Waals surface area contributed by atoms with Crippen LogP contribution in [0.15, 0.2) is 120 Å². The molecule has 0 aliphatic rings. The Labute approximate surface area is 226 Å². The summed E-state index contributed by atoms with van der Waals surface area (Å²) in [7, 11) is 0. The van der Waals surface area contributed by atoms with E-state index >= 15 is 0 Å². The molecule has 0 aliphatic carbocycles. The second kappa shape index (κ2) is 10.4. The molecule has 39 heavy (non-hydrogen) atoms. The van der Waals surface area contributed by atoms with Gasteiger partial charge in [0.2, 0.25) is 0 Å². The van der Waals surface area contributed by atoms with Crippen LogP contribution in [0.1, 0.15) is 41.0 Å². The van der Waals surface area contributed by atoms with E-state index in [9.17, 15) is 9.59 Å². The van der Waals surface area contributed by atoms with Gasteiger partial charge in [0.1, 0.15) is 0 Å². The van der Waals surface area contributed by atoms with E-state index in [1.54, 1.807) is 17.0 Å². The normalized spacial score (nSPS) is 12.0. The SMILES string of the molecule is CC[C@H](NC(=O)c1c(Cn2cnc3ccccc32)n(-c2ccccc2)c(=O)c2ccccc12)c1ccccc1. The first kappa shape index (κ1) is 24.4. The minimum atomic E-state index is -0.217. The van der Waals surface area contributed by atoms with Crippen LogP contribution in [0.3, 0.4) is 0 Å². The Morgan fingerprint density at radius 1 is 0.821 bits per heavy atom. The van der Waals surface area contributed by atoms with Crippen molar-refractivity contribution in [3.63, 3.8) is 0 Å². The van der Waals surface area contributed by atoms with Crippen LogP contribution in [0.5, 0.6) is 0 Å². The summed E-state index contributed by atoms with van der Waals surface area (Å²) < 4.78 is 3.67. The summed E-state index contributed by atoms with van der Waals surface area (Å²) in [5.74, 6) is -0.217. The summed E-state index contributed by atoms with van der Waals surface area (Å²) in [6, 6.07) is 34.5. The molecular weight excluding hydrogens is 484 g/mol. The second-order valence-electron chi connectivity index (χ2n) is 9.55. The monoisotopic (exact) mass is 512 g/mol. The van der Waals surface area contributed by atoms with E-state index in [0.29, 0.717) is 34.3 Å². The average molecular weight is 513 g/mol. The number of fused-ring (bicyclic) bond motifs is 2. The van der Waals surface area contributed by atoms with Gasteiger partial charge in [0.15, 0.2) is 0 Å². The Bertz CT molecular complexity index is 1840. The van der Waals surface area contributed by atoms with Crippen LogP contribution in [0, 0.1) is 0 Å². The largest absolute Gasteiger partial charge is 0.345 e. The number of hydrogen-bond donors (Lipinski definition) is 1. The van der Waals surface area contributed by atoms with Crippen molar-refractivity contribution in [1.29, 1.82) is 0 Å². The Morgan fingerprint density at radius 3 is 2.21 bits per heavy atom. The molecule has 0 radical (unpaired) electrons. The Hall–Kier alpha value is -4.97. The fraction of sp³-hybridized carbons (Fsp3) is 0.121. The molecule has 6 aromatic rings. The summed E-state index contributed by atoms with van der Waals surface area (Å²) in [4.78, 5) is 32.8. The molecule has 1 atom stereocenters. The molecule has 2 aromatic heterocycles. The number of carbonyl (C=O) groups is 1. The first-order valence-electron chi connectivity index (χ1n) is 13.1. The molecule has 6 heteroatoms. The molecule has 6 nitrogen and oxygen atoms in total. The van der Waals surface area contributed by atoms with Crippen molar-refractivity contribution >= 4 is 27.7 Å². The van der Waals surface area contributed by atoms with Gasteiger partial charge >= 0.3 is 0 Å². The molecule has 0 fully saturated rings. The van der Waals surface area contributed by atoms with Gasteiger partial charge in [0, 0.05) is 16.5 Å². The van der Waals surface area contributed by atoms with Gasteiger partial charge in [-0.1, -0.05) is 85.8 Å². The average Bonchev–Trinajstić information content (AvgIpc) is 3.40. The molecule has 1 N–H and O–H groups in total. The summed E-state index contributed by atoms with van der Waals surface area (Å²) in [6.45, 7) is 2.35. The maximum atomic E-state index is 14.3. The molecular formula is C33H28N4O2. The Kier molecular flexibility index (Phi) is 6.51. The van der Waals surface area contributed by atoms with Gasteiger partial charge in [-0.25, -0.2) is 4.98 Å². The number of amides is 1. The molecule has 0 saturated heterocycles. The predicted molar refractivity (Wildman–Crippen MR) is 155 cm³/mol. The van der Waals surface area contributed by atoms with E-state index in [4.69, 9.17) is 0 Å². The van der Waals surface area contributed by atoms with Gasteiger partial charge < -0.3 is 9.88 Å². The van der Waals surface area contributed by atoms with Crippen molar-refractivity contribution in [2.45, 2.75) is 25.9 Å². The number of nitrogens with zero attached hydrogens (tertiary/aromatic N) is 3. The van der Waals surface area contributed by atoms with Crippen LogP contribution in [0.2, 0.25) is 0 Å². The van der Waals surface area contributed by atoms with E-state index in [2.05, 4.69) is 17.2 Å². The van der Waals surface area contributed by atoms with Crippen molar-refractivity contribution in [1.82, 2.24) is 19.4 Å². The molecule has 0 saturated carbocycles. The van der Waals surface area contributed by atoms with Crippen LogP contribution in [0.25, 0.3) is 27.5 Å². The van der Waals surface area contributed by atoms with Crippen LogP contribution < -0.4 is 10.9 Å². The van der Waals surface area contributed by atoms with E-state index in [1.165, 1.54) is 0 Å². The van der Waals surface area contributed by atoms with Crippen LogP contribution in [-0.2, 0) is 6.54 Å². The van der Waals surface area contributed by atoms with Gasteiger partial charge in [0.05, 0.1) is 41.2 Å². The number of aromatic nitrogens is 3. The lowest BCUT2D eigenvalue weighted by atomic mass is 9.99. The first-order chi connectivity index (χ1) is 19.2. The third-order valence-electron chi connectivity index (χ3n) is 7.19. The van der Waals surface area contributed by atoms with Crippen molar-refractivity contribution in [2.75, 3.05) is 0 Å². The summed E-state index contributed by atoms with van der Waals surface area (Å²) in [5.41, 5.74) is 4.46. The minimum Gasteiger partial charge on any atom is -0.345 e. The zero-order valence-corrected chi connectivity index (χ0v) is 21.6. The van der Waals surface area contributed by atoms with Gasteiger partial charge in [-0.15, -0.1) is 0 Å². The highest BCUT2D eigenvalue weighted by atomic mass is 16.2. The summed E-state index contributed by atoms with van der Waals surface area (Å²) in [5, 5.41) is 4.40. The third kappa shape index (κ3) is 4.50. The standard InChI is InChI=1S/C33H28N4O2/c1-2-27(23-13-5-3-6-14-23)35-32(38)31-25-17-9-10-18-26(25)33(39)37(24-15-7-4-8-16-24)30(31)21-36-22-34-28-19-11-12-20-29(28)36/h3-20,22,27H,2,21H2,1H3,(H,35,38)/t27-/m0/s1. The van der Waals surface area contributed by atoms with Crippen molar-refractivity contribution in [3.05, 3.63) is 143 Å². The lowest BCUT2D eigenvalue weighted by Crippen LogP contribution is -2.33. The molecule has 0 bridgehead atoms. The van der Waals surface area contributed by atoms with E-state index in [0.717, 1.165) is 23.0 Å². The predicted octanol–water partition coefficient (Wildman–Crippen LogP) is 6.27. The number of nitrogens with one attached hydrogen (secondary N) is 1. The number of pyridine rings is 1. The smallest absolute Gasteiger partial charge is 0.263 e. The maximum absolute atomic E-state index is 14.3. The zero-order valence-electron chi connectivity index (χ0n) is 21.6. The Morgan fingerprint density at radius 2 is 1.46 bits per heavy atom. The number of benzene rings is 4. The molecule has 6 rings (SSSR count). The van der Waals surface area contributed by atoms with Crippen molar-refractivity contribution in [2.24, 2.45) is 0 Å². The highest BCUT2D eigenvalue weighted by molar-refractivity contribution is 6.08. The Balaban J connectivity index is 1.60. The third-order valence-corrected chi connectivity index (χ3v) is 7.19. The molecule has 2 heterocycles. The van der Waals surface area contributed by atoms with Gasteiger partial charge in [-0.05, 0) is 42.3 Å². The first-order valence-corrected chi connectivity index (χ1v) is 13.1. The topological polar surface area (TPSA) is 68.9 Å². The van der Waals surface area contributed by atoms with Crippen molar-refractivity contribution in [3.8, 4) is 5.69 Å². The van der Waals surface area contributed by atoms with E-state index in [-0.39, 0.29) is 17.5 Å². The van der Waals surface area contributed by atoms with Gasteiger partial charge in [-0.3, -0.25) is 14.2 Å². The van der Waals surface area contributed by atoms with Gasteiger partial charge in [-0.2, -0.15) is 0 Å². The maximum Gasteiger partial charge on any atom is 0.263 e. The number of hydrogen-bond acceptors (Lipinski definition) is 3. The number of para-hydroxylation sites is 3. The summed E-state index contributed by atoms with van der Waals surface area (Å²) in [6.07, 6.45) is 2.49. The van der Waals surface area contributed by atoms with Crippen molar-refractivity contribution < 1.29 is 4.79 Å². The lowest BCUT2D eigenvalue weighted by Gasteiger charge is -2.23. The number of carbonyl (C=O) groups excluding carboxylic acids is 1. The molecule has 0 unspecified atom stereocenters. The highest BCUT2D eigenvalue weighted by Crippen LogP contribution is 2.26. The molecule has 1 amide bonds. The quantitative estimate of drug-likeness (QED) is 0.274. The molecule has 192 valence electrons. The van der Waals surface area contributed by atoms with Crippen LogP contribution in [-0.4, -0.2) is 20.0 Å². The second-order valence-corrected chi connectivity index (χ2v) is 9.55. The lowest BCUT2D eigenvalue weighted by molar-refractivity contribution is 0.0935. The van der Waals surface area contributed by atoms with E-state index in [1.807, 2.05) is 108 Å². The molecule has 4 aromatic carbocycles. The fourth-order valence-electron chi connectivity index (χ4n) is 5.29. The fourth-order valence-corrected chi connectivity index (χ4v) is 5.29. The number of rotatable bonds is 7. The molecule has 0 spiro atoms. The van der Waals surface area contributed by atoms with E-state index < -0.39 is 0 Å². The van der Waals surface area contributed by atoms with Crippen LogP contribution in [0.4, 0.5) is 0 Å². The van der Waals surface area contributed by atoms with Crippen LogP contribution >= 0.6 is 0 Å². The summed E-state index contributed by atoms with van der Waals surface area (Å²) >= 11 is 0. The van der Waals surface area contributed by atoms with Gasteiger partial charge in [0.25, 0.3) is 11.5 Å². The zero-order chi connectivity index (χ0) is 26.8. The number of imidazole rings is 1. The highest BCUT2D eigenvalue weighted by Gasteiger charge is 2.25. The minimum absolute atomic E-state index is 0.164.